The number of likely N-dealkylation sites (N-methyl/N-ethyl adjacent to an activating group) is 1. The molecule has 86 valence electrons. The molecule has 0 unspecified atom stereocenters. The van der Waals surface area contributed by atoms with Crippen LogP contribution >= 0.6 is 0 Å². The minimum Gasteiger partial charge on any atom is -0.316 e. The van der Waals surface area contributed by atoms with Gasteiger partial charge in [0.05, 0.1) is 0 Å². The molecule has 0 saturated carbocycles. The standard InChI is InChI=1S/C14H25N/c1-6-9-12(4)10-13(7-2)14(8-3)11-15-5/h7-9,15H,6,10-11H2,1-5H3/b12-9?,13-7-,14-8-. The predicted octanol–water partition coefficient (Wildman–Crippen LogP) is 3.84. The molecule has 0 aromatic carbocycles. The highest BCUT2D eigenvalue weighted by atomic mass is 14.8. The largest absolute Gasteiger partial charge is 0.316 e. The van der Waals surface area contributed by atoms with Crippen LogP contribution < -0.4 is 5.32 Å². The first-order chi connectivity index (χ1) is 7.19. The summed E-state index contributed by atoms with van der Waals surface area (Å²) in [5, 5.41) is 3.21. The molecule has 0 saturated heterocycles. The van der Waals surface area contributed by atoms with E-state index in [1.54, 1.807) is 0 Å². The number of allylic oxidation sites excluding steroid dienone is 4. The third kappa shape index (κ3) is 5.58. The summed E-state index contributed by atoms with van der Waals surface area (Å²) in [6, 6.07) is 0. The molecule has 0 aliphatic carbocycles. The Bertz CT molecular complexity index is 257. The molecule has 0 aromatic heterocycles. The van der Waals surface area contributed by atoms with Crippen molar-refractivity contribution in [3.8, 4) is 0 Å². The Kier molecular flexibility index (Phi) is 8.02. The quantitative estimate of drug-likeness (QED) is 0.515. The van der Waals surface area contributed by atoms with Gasteiger partial charge in [0.1, 0.15) is 0 Å². The van der Waals surface area contributed by atoms with Crippen molar-refractivity contribution in [3.05, 3.63) is 34.9 Å². The van der Waals surface area contributed by atoms with Crippen LogP contribution in [0.2, 0.25) is 0 Å². The average Bonchev–Trinajstić information content (AvgIpc) is 2.23. The van der Waals surface area contributed by atoms with E-state index in [2.05, 4.69) is 51.2 Å². The molecule has 0 heterocycles. The van der Waals surface area contributed by atoms with Gasteiger partial charge in [0.15, 0.2) is 0 Å². The lowest BCUT2D eigenvalue weighted by atomic mass is 9.98. The highest BCUT2D eigenvalue weighted by molar-refractivity contribution is 5.34. The zero-order valence-electron chi connectivity index (χ0n) is 10.9. The van der Waals surface area contributed by atoms with E-state index in [1.165, 1.54) is 16.7 Å². The van der Waals surface area contributed by atoms with Crippen LogP contribution in [0.3, 0.4) is 0 Å². The summed E-state index contributed by atoms with van der Waals surface area (Å²) < 4.78 is 0. The van der Waals surface area contributed by atoms with E-state index >= 15 is 0 Å². The second kappa shape index (κ2) is 8.49. The van der Waals surface area contributed by atoms with Gasteiger partial charge in [-0.15, -0.1) is 0 Å². The summed E-state index contributed by atoms with van der Waals surface area (Å²) in [4.78, 5) is 0. The Hall–Kier alpha value is -0.820. The molecule has 0 amide bonds. The van der Waals surface area contributed by atoms with Gasteiger partial charge in [-0.05, 0) is 51.8 Å². The van der Waals surface area contributed by atoms with E-state index in [0.717, 1.165) is 19.4 Å². The van der Waals surface area contributed by atoms with Crippen molar-refractivity contribution in [1.29, 1.82) is 0 Å². The zero-order valence-corrected chi connectivity index (χ0v) is 10.9. The molecular weight excluding hydrogens is 182 g/mol. The SMILES string of the molecule is C/C=C(CC(C)=CCC)\C(=C/C)CNC. The molecule has 0 aromatic rings. The van der Waals surface area contributed by atoms with Gasteiger partial charge < -0.3 is 5.32 Å². The highest BCUT2D eigenvalue weighted by Gasteiger charge is 2.03. The number of nitrogens with one attached hydrogen (secondary N) is 1. The normalized spacial score (nSPS) is 14.6. The number of hydrogen-bond acceptors (Lipinski definition) is 1. The summed E-state index contributed by atoms with van der Waals surface area (Å²) in [6.45, 7) is 9.57. The van der Waals surface area contributed by atoms with Crippen molar-refractivity contribution >= 4 is 0 Å². The first-order valence-electron chi connectivity index (χ1n) is 5.80. The Morgan fingerprint density at radius 3 is 2.13 bits per heavy atom. The Morgan fingerprint density at radius 2 is 1.73 bits per heavy atom. The van der Waals surface area contributed by atoms with Gasteiger partial charge in [-0.1, -0.05) is 30.7 Å². The predicted molar refractivity (Wildman–Crippen MR) is 70.1 cm³/mol. The van der Waals surface area contributed by atoms with Gasteiger partial charge in [-0.3, -0.25) is 0 Å². The fourth-order valence-corrected chi connectivity index (χ4v) is 1.71. The highest BCUT2D eigenvalue weighted by Crippen LogP contribution is 2.18. The van der Waals surface area contributed by atoms with Crippen LogP contribution in [0.15, 0.2) is 34.9 Å². The van der Waals surface area contributed by atoms with E-state index in [4.69, 9.17) is 0 Å². The molecule has 0 radical (unpaired) electrons. The van der Waals surface area contributed by atoms with E-state index in [0.29, 0.717) is 0 Å². The summed E-state index contributed by atoms with van der Waals surface area (Å²) in [5.41, 5.74) is 4.30. The van der Waals surface area contributed by atoms with E-state index < -0.39 is 0 Å². The minimum atomic E-state index is 0.954. The molecule has 0 spiro atoms. The van der Waals surface area contributed by atoms with Crippen LogP contribution in [0.4, 0.5) is 0 Å². The van der Waals surface area contributed by atoms with E-state index in [1.807, 2.05) is 7.05 Å². The molecule has 15 heavy (non-hydrogen) atoms. The van der Waals surface area contributed by atoms with Gasteiger partial charge in [0.25, 0.3) is 0 Å². The Balaban J connectivity index is 4.57. The van der Waals surface area contributed by atoms with Crippen LogP contribution in [0.25, 0.3) is 0 Å². The van der Waals surface area contributed by atoms with E-state index in [-0.39, 0.29) is 0 Å². The third-order valence-corrected chi connectivity index (χ3v) is 2.50. The molecule has 0 atom stereocenters. The van der Waals surface area contributed by atoms with Gasteiger partial charge in [0, 0.05) is 6.54 Å². The summed E-state index contributed by atoms with van der Waals surface area (Å²) in [6.07, 6.45) is 8.92. The molecule has 1 nitrogen and oxygen atoms in total. The van der Waals surface area contributed by atoms with E-state index in [9.17, 15) is 0 Å². The number of rotatable bonds is 6. The first kappa shape index (κ1) is 14.2. The molecule has 1 heteroatoms. The Labute approximate surface area is 95.0 Å². The van der Waals surface area contributed by atoms with Crippen LogP contribution in [0, 0.1) is 0 Å². The molecule has 0 fully saturated rings. The lowest BCUT2D eigenvalue weighted by Crippen LogP contribution is -2.12. The fourth-order valence-electron chi connectivity index (χ4n) is 1.71. The monoisotopic (exact) mass is 207 g/mol. The topological polar surface area (TPSA) is 12.0 Å². The van der Waals surface area contributed by atoms with Gasteiger partial charge in [-0.2, -0.15) is 0 Å². The van der Waals surface area contributed by atoms with Crippen molar-refractivity contribution in [3.63, 3.8) is 0 Å². The first-order valence-corrected chi connectivity index (χ1v) is 5.80. The average molecular weight is 207 g/mol. The van der Waals surface area contributed by atoms with Crippen LogP contribution in [0.1, 0.15) is 40.5 Å². The maximum Gasteiger partial charge on any atom is 0.0201 e. The second-order valence-electron chi connectivity index (χ2n) is 3.79. The molecule has 0 aliphatic heterocycles. The lowest BCUT2D eigenvalue weighted by molar-refractivity contribution is 0.871. The lowest BCUT2D eigenvalue weighted by Gasteiger charge is -2.11. The summed E-state index contributed by atoms with van der Waals surface area (Å²) >= 11 is 0. The molecule has 0 aliphatic rings. The maximum absolute atomic E-state index is 3.21. The second-order valence-corrected chi connectivity index (χ2v) is 3.79. The molecule has 1 N–H and O–H groups in total. The minimum absolute atomic E-state index is 0.954. The van der Waals surface area contributed by atoms with Gasteiger partial charge >= 0.3 is 0 Å². The maximum atomic E-state index is 3.21. The fraction of sp³-hybridized carbons (Fsp3) is 0.571. The molecule has 0 bridgehead atoms. The van der Waals surface area contributed by atoms with Crippen molar-refractivity contribution in [2.24, 2.45) is 0 Å². The van der Waals surface area contributed by atoms with Crippen LogP contribution in [-0.2, 0) is 0 Å². The smallest absolute Gasteiger partial charge is 0.0201 e. The van der Waals surface area contributed by atoms with Crippen molar-refractivity contribution < 1.29 is 0 Å². The number of hydrogen-bond donors (Lipinski definition) is 1. The van der Waals surface area contributed by atoms with Crippen LogP contribution in [0.5, 0.6) is 0 Å². The van der Waals surface area contributed by atoms with Crippen molar-refractivity contribution in [2.45, 2.75) is 40.5 Å². The van der Waals surface area contributed by atoms with Gasteiger partial charge in [-0.25, -0.2) is 0 Å². The molecular formula is C14H25N. The van der Waals surface area contributed by atoms with Crippen molar-refractivity contribution in [2.75, 3.05) is 13.6 Å². The zero-order chi connectivity index (χ0) is 11.7. The third-order valence-electron chi connectivity index (χ3n) is 2.50. The summed E-state index contributed by atoms with van der Waals surface area (Å²) in [7, 11) is 1.99. The van der Waals surface area contributed by atoms with Crippen LogP contribution in [-0.4, -0.2) is 13.6 Å². The Morgan fingerprint density at radius 1 is 1.13 bits per heavy atom. The molecule has 0 rings (SSSR count). The summed E-state index contributed by atoms with van der Waals surface area (Å²) in [5.74, 6) is 0. The van der Waals surface area contributed by atoms with Gasteiger partial charge in [0.2, 0.25) is 0 Å². The van der Waals surface area contributed by atoms with Crippen molar-refractivity contribution in [1.82, 2.24) is 5.32 Å².